The van der Waals surface area contributed by atoms with E-state index in [-0.39, 0.29) is 6.61 Å². The van der Waals surface area contributed by atoms with Crippen molar-refractivity contribution >= 4 is 15.9 Å². The average molecular weight is 280 g/mol. The molecule has 0 atom stereocenters. The molecule has 0 aliphatic heterocycles. The highest BCUT2D eigenvalue weighted by atomic mass is 79.9. The summed E-state index contributed by atoms with van der Waals surface area (Å²) in [6.45, 7) is 2.12. The van der Waals surface area contributed by atoms with Gasteiger partial charge in [-0.1, -0.05) is 28.1 Å². The highest BCUT2D eigenvalue weighted by molar-refractivity contribution is 9.10. The molecular weight excluding hydrogens is 266 g/mol. The lowest BCUT2D eigenvalue weighted by molar-refractivity contribution is 0.281. The van der Waals surface area contributed by atoms with Crippen LogP contribution in [0.4, 0.5) is 0 Å². The van der Waals surface area contributed by atoms with Crippen LogP contribution < -0.4 is 0 Å². The minimum atomic E-state index is 0.0935. The van der Waals surface area contributed by atoms with Crippen LogP contribution in [0.15, 0.2) is 34.8 Å². The predicted octanol–water partition coefficient (Wildman–Crippen LogP) is 3.26. The second-order valence-electron chi connectivity index (χ2n) is 3.86. The fraction of sp³-hybridized carbons (Fsp3) is 0.231. The van der Waals surface area contributed by atoms with Gasteiger partial charge in [0.1, 0.15) is 0 Å². The highest BCUT2D eigenvalue weighted by Gasteiger charge is 2.09. The van der Waals surface area contributed by atoms with Crippen LogP contribution in [0, 0.1) is 6.92 Å². The summed E-state index contributed by atoms with van der Waals surface area (Å²) in [5.74, 6) is 0. The van der Waals surface area contributed by atoms with E-state index >= 15 is 0 Å². The molecule has 0 unspecified atom stereocenters. The average Bonchev–Trinajstić information content (AvgIpc) is 2.57. The number of aliphatic hydroxyl groups excluding tert-OH is 1. The molecule has 0 radical (unpaired) electrons. The van der Waals surface area contributed by atoms with Crippen LogP contribution in [0.25, 0.3) is 11.3 Å². The Morgan fingerprint density at radius 2 is 1.88 bits per heavy atom. The number of hydrogen-bond donors (Lipinski definition) is 1. The zero-order chi connectivity index (χ0) is 11.7. The quantitative estimate of drug-likeness (QED) is 0.897. The molecule has 0 aliphatic carbocycles. The third-order valence-electron chi connectivity index (χ3n) is 2.95. The molecule has 2 nitrogen and oxygen atoms in total. The van der Waals surface area contributed by atoms with E-state index < -0.39 is 0 Å². The van der Waals surface area contributed by atoms with Crippen molar-refractivity contribution in [1.29, 1.82) is 0 Å². The molecule has 0 bridgehead atoms. The monoisotopic (exact) mass is 279 g/mol. The molecule has 0 spiro atoms. The van der Waals surface area contributed by atoms with E-state index in [2.05, 4.69) is 32.6 Å². The van der Waals surface area contributed by atoms with Crippen molar-refractivity contribution in [3.05, 3.63) is 46.1 Å². The van der Waals surface area contributed by atoms with Crippen LogP contribution in [0.2, 0.25) is 0 Å². The first-order chi connectivity index (χ1) is 7.63. The van der Waals surface area contributed by atoms with Crippen molar-refractivity contribution in [2.75, 3.05) is 0 Å². The summed E-state index contributed by atoms with van der Waals surface area (Å²) in [6, 6.07) is 10.2. The molecule has 1 heterocycles. The van der Waals surface area contributed by atoms with E-state index in [0.717, 1.165) is 27.0 Å². The Morgan fingerprint density at radius 1 is 1.25 bits per heavy atom. The first-order valence-electron chi connectivity index (χ1n) is 5.15. The first kappa shape index (κ1) is 11.4. The molecule has 1 aromatic heterocycles. The molecule has 84 valence electrons. The van der Waals surface area contributed by atoms with Gasteiger partial charge in [-0.25, -0.2) is 0 Å². The molecule has 1 N–H and O–H groups in total. The van der Waals surface area contributed by atoms with Crippen LogP contribution in [-0.2, 0) is 13.7 Å². The molecule has 2 aromatic rings. The van der Waals surface area contributed by atoms with Crippen molar-refractivity contribution < 1.29 is 5.11 Å². The maximum atomic E-state index is 9.23. The van der Waals surface area contributed by atoms with Gasteiger partial charge >= 0.3 is 0 Å². The van der Waals surface area contributed by atoms with Crippen molar-refractivity contribution in [2.24, 2.45) is 7.05 Å². The summed E-state index contributed by atoms with van der Waals surface area (Å²) in [5.41, 5.74) is 4.39. The lowest BCUT2D eigenvalue weighted by Crippen LogP contribution is -1.94. The summed E-state index contributed by atoms with van der Waals surface area (Å²) in [4.78, 5) is 0. The second-order valence-corrected chi connectivity index (χ2v) is 4.78. The smallest absolute Gasteiger partial charge is 0.0699 e. The summed E-state index contributed by atoms with van der Waals surface area (Å²) in [7, 11) is 2.02. The fourth-order valence-electron chi connectivity index (χ4n) is 1.82. The lowest BCUT2D eigenvalue weighted by Gasteiger charge is -2.05. The number of halogens is 1. The highest BCUT2D eigenvalue weighted by Crippen LogP contribution is 2.26. The number of hydrogen-bond acceptors (Lipinski definition) is 1. The maximum absolute atomic E-state index is 9.23. The Morgan fingerprint density at radius 3 is 2.38 bits per heavy atom. The molecule has 0 fully saturated rings. The molecule has 2 rings (SSSR count). The van der Waals surface area contributed by atoms with E-state index in [1.807, 2.05) is 32.2 Å². The largest absolute Gasteiger partial charge is 0.392 e. The molecular formula is C13H14BrNO. The van der Waals surface area contributed by atoms with E-state index in [9.17, 15) is 5.11 Å². The summed E-state index contributed by atoms with van der Waals surface area (Å²) >= 11 is 3.42. The number of aliphatic hydroxyl groups is 1. The Labute approximate surface area is 104 Å². The first-order valence-corrected chi connectivity index (χ1v) is 5.94. The SMILES string of the molecule is Cc1c(CO)cc(-c2ccc(Br)cc2)n1C. The van der Waals surface area contributed by atoms with Gasteiger partial charge in [-0.2, -0.15) is 0 Å². The van der Waals surface area contributed by atoms with Gasteiger partial charge in [0, 0.05) is 22.9 Å². The molecule has 16 heavy (non-hydrogen) atoms. The van der Waals surface area contributed by atoms with Crippen LogP contribution in [0.5, 0.6) is 0 Å². The number of benzene rings is 1. The lowest BCUT2D eigenvalue weighted by atomic mass is 10.1. The molecule has 0 aliphatic rings. The Hall–Kier alpha value is -1.06. The number of aromatic nitrogens is 1. The van der Waals surface area contributed by atoms with E-state index in [1.54, 1.807) is 0 Å². The Bertz CT molecular complexity index is 499. The van der Waals surface area contributed by atoms with Crippen LogP contribution in [0.3, 0.4) is 0 Å². The molecule has 3 heteroatoms. The topological polar surface area (TPSA) is 25.2 Å². The van der Waals surface area contributed by atoms with E-state index in [0.29, 0.717) is 0 Å². The van der Waals surface area contributed by atoms with E-state index in [1.165, 1.54) is 0 Å². The molecule has 0 amide bonds. The number of rotatable bonds is 2. The zero-order valence-corrected chi connectivity index (χ0v) is 11.0. The van der Waals surface area contributed by atoms with Gasteiger partial charge in [0.25, 0.3) is 0 Å². The third kappa shape index (κ3) is 1.93. The summed E-state index contributed by atoms with van der Waals surface area (Å²) < 4.78 is 3.18. The minimum absolute atomic E-state index is 0.0935. The molecule has 1 aromatic carbocycles. The van der Waals surface area contributed by atoms with Crippen molar-refractivity contribution in [3.8, 4) is 11.3 Å². The molecule has 0 saturated carbocycles. The third-order valence-corrected chi connectivity index (χ3v) is 3.48. The van der Waals surface area contributed by atoms with Gasteiger partial charge in [-0.05, 0) is 36.2 Å². The van der Waals surface area contributed by atoms with Gasteiger partial charge in [-0.3, -0.25) is 0 Å². The second kappa shape index (κ2) is 4.44. The summed E-state index contributed by atoms with van der Waals surface area (Å²) in [5, 5.41) is 9.23. The fourth-order valence-corrected chi connectivity index (χ4v) is 2.08. The normalized spacial score (nSPS) is 10.8. The van der Waals surface area contributed by atoms with Crippen molar-refractivity contribution in [3.63, 3.8) is 0 Å². The standard InChI is InChI=1S/C13H14BrNO/c1-9-11(8-16)7-13(15(9)2)10-3-5-12(14)6-4-10/h3-7,16H,8H2,1-2H3. The van der Waals surface area contributed by atoms with Crippen molar-refractivity contribution in [1.82, 2.24) is 4.57 Å². The Balaban J connectivity index is 2.52. The summed E-state index contributed by atoms with van der Waals surface area (Å²) in [6.07, 6.45) is 0. The predicted molar refractivity (Wildman–Crippen MR) is 69.2 cm³/mol. The molecule has 0 saturated heterocycles. The van der Waals surface area contributed by atoms with Crippen LogP contribution in [0.1, 0.15) is 11.3 Å². The van der Waals surface area contributed by atoms with Crippen LogP contribution >= 0.6 is 15.9 Å². The van der Waals surface area contributed by atoms with Gasteiger partial charge in [0.05, 0.1) is 6.61 Å². The van der Waals surface area contributed by atoms with Crippen LogP contribution in [-0.4, -0.2) is 9.67 Å². The maximum Gasteiger partial charge on any atom is 0.0699 e. The zero-order valence-electron chi connectivity index (χ0n) is 9.37. The minimum Gasteiger partial charge on any atom is -0.392 e. The Kier molecular flexibility index (Phi) is 3.17. The number of nitrogens with zero attached hydrogens (tertiary/aromatic N) is 1. The van der Waals surface area contributed by atoms with Gasteiger partial charge in [0.2, 0.25) is 0 Å². The van der Waals surface area contributed by atoms with E-state index in [4.69, 9.17) is 0 Å². The van der Waals surface area contributed by atoms with Crippen molar-refractivity contribution in [2.45, 2.75) is 13.5 Å². The van der Waals surface area contributed by atoms with Gasteiger partial charge < -0.3 is 9.67 Å². The van der Waals surface area contributed by atoms with Gasteiger partial charge in [-0.15, -0.1) is 0 Å². The van der Waals surface area contributed by atoms with Gasteiger partial charge in [0.15, 0.2) is 0 Å².